The second kappa shape index (κ2) is 7.66. The molecule has 1 aliphatic heterocycles. The Balaban J connectivity index is 2.08. The van der Waals surface area contributed by atoms with E-state index in [2.05, 4.69) is 11.4 Å². The number of methoxy groups -OCH3 is 1. The first kappa shape index (κ1) is 17.4. The van der Waals surface area contributed by atoms with Crippen molar-refractivity contribution in [3.05, 3.63) is 47.0 Å². The molecule has 0 radical (unpaired) electrons. The normalized spacial score (nSPS) is 16.2. The van der Waals surface area contributed by atoms with Crippen molar-refractivity contribution in [2.45, 2.75) is 26.3 Å². The lowest BCUT2D eigenvalue weighted by Crippen LogP contribution is -2.30. The van der Waals surface area contributed by atoms with E-state index in [-0.39, 0.29) is 11.8 Å². The highest BCUT2D eigenvalue weighted by Gasteiger charge is 2.27. The Morgan fingerprint density at radius 1 is 1.04 bits per heavy atom. The molecule has 0 saturated carbocycles. The number of phenols is 1. The summed E-state index contributed by atoms with van der Waals surface area (Å²) in [6.07, 6.45) is 0.906. The van der Waals surface area contributed by atoms with E-state index in [0.29, 0.717) is 19.0 Å². The monoisotopic (exact) mass is 343 g/mol. The summed E-state index contributed by atoms with van der Waals surface area (Å²) in [5, 5.41) is 14.0. The highest BCUT2D eigenvalue weighted by atomic mass is 16.5. The standard InChI is InChI=1S/C20H25NO4/c1-4-24-17-11-13-9-10-21-19(15(13)12-18(17)25-5-2)14-7-6-8-16(23-3)20(14)22/h6-8,11-12,19,21-22H,4-5,9-10H2,1-3H3. The maximum Gasteiger partial charge on any atom is 0.162 e. The van der Waals surface area contributed by atoms with Crippen molar-refractivity contribution >= 4 is 0 Å². The van der Waals surface area contributed by atoms with Crippen LogP contribution in [0, 0.1) is 0 Å². The van der Waals surface area contributed by atoms with Crippen LogP contribution in [0.1, 0.15) is 36.6 Å². The molecule has 5 nitrogen and oxygen atoms in total. The van der Waals surface area contributed by atoms with Crippen LogP contribution < -0.4 is 19.5 Å². The van der Waals surface area contributed by atoms with Crippen molar-refractivity contribution in [2.24, 2.45) is 0 Å². The molecule has 5 heteroatoms. The summed E-state index contributed by atoms with van der Waals surface area (Å²) < 4.78 is 16.8. The number of hydrogen-bond donors (Lipinski definition) is 2. The van der Waals surface area contributed by atoms with Crippen LogP contribution in [-0.2, 0) is 6.42 Å². The summed E-state index contributed by atoms with van der Waals surface area (Å²) in [5.74, 6) is 2.15. The Morgan fingerprint density at radius 2 is 1.76 bits per heavy atom. The fourth-order valence-corrected chi connectivity index (χ4v) is 3.32. The largest absolute Gasteiger partial charge is 0.504 e. The van der Waals surface area contributed by atoms with Crippen LogP contribution in [0.2, 0.25) is 0 Å². The lowest BCUT2D eigenvalue weighted by molar-refractivity contribution is 0.286. The lowest BCUT2D eigenvalue weighted by Gasteiger charge is -2.29. The number of nitrogens with one attached hydrogen (secondary N) is 1. The molecule has 0 aliphatic carbocycles. The second-order valence-electron chi connectivity index (χ2n) is 5.90. The number of rotatable bonds is 6. The first-order valence-corrected chi connectivity index (χ1v) is 8.71. The minimum atomic E-state index is -0.117. The van der Waals surface area contributed by atoms with Gasteiger partial charge in [-0.25, -0.2) is 0 Å². The van der Waals surface area contributed by atoms with E-state index in [1.807, 2.05) is 32.0 Å². The van der Waals surface area contributed by atoms with Crippen molar-refractivity contribution < 1.29 is 19.3 Å². The van der Waals surface area contributed by atoms with Gasteiger partial charge >= 0.3 is 0 Å². The summed E-state index contributed by atoms with van der Waals surface area (Å²) in [6, 6.07) is 9.54. The molecule has 0 spiro atoms. The van der Waals surface area contributed by atoms with Crippen molar-refractivity contribution in [3.63, 3.8) is 0 Å². The zero-order valence-electron chi connectivity index (χ0n) is 15.0. The van der Waals surface area contributed by atoms with Gasteiger partial charge in [-0.3, -0.25) is 0 Å². The number of ether oxygens (including phenoxy) is 3. The summed E-state index contributed by atoms with van der Waals surface area (Å²) >= 11 is 0. The molecule has 3 rings (SSSR count). The van der Waals surface area contributed by atoms with Crippen molar-refractivity contribution in [2.75, 3.05) is 26.9 Å². The van der Waals surface area contributed by atoms with E-state index in [1.165, 1.54) is 5.56 Å². The molecule has 2 aromatic carbocycles. The van der Waals surface area contributed by atoms with Crippen LogP contribution >= 0.6 is 0 Å². The third-order valence-corrected chi connectivity index (χ3v) is 4.42. The number of aromatic hydroxyl groups is 1. The molecular weight excluding hydrogens is 318 g/mol. The van der Waals surface area contributed by atoms with Gasteiger partial charge in [-0.1, -0.05) is 12.1 Å². The number of hydrogen-bond acceptors (Lipinski definition) is 5. The van der Waals surface area contributed by atoms with Crippen LogP contribution in [0.5, 0.6) is 23.0 Å². The predicted octanol–water partition coefficient (Wildman–Crippen LogP) is 3.43. The molecule has 0 aromatic heterocycles. The van der Waals surface area contributed by atoms with Gasteiger partial charge in [-0.05, 0) is 49.6 Å². The minimum absolute atomic E-state index is 0.117. The molecular formula is C20H25NO4. The fourth-order valence-electron chi connectivity index (χ4n) is 3.32. The van der Waals surface area contributed by atoms with Gasteiger partial charge in [0.2, 0.25) is 0 Å². The number of phenolic OH excluding ortho intramolecular Hbond substituents is 1. The Bertz CT molecular complexity index is 745. The van der Waals surface area contributed by atoms with Gasteiger partial charge in [-0.2, -0.15) is 0 Å². The molecule has 25 heavy (non-hydrogen) atoms. The number of fused-ring (bicyclic) bond motifs is 1. The Kier molecular flexibility index (Phi) is 5.34. The Labute approximate surface area is 148 Å². The van der Waals surface area contributed by atoms with Crippen molar-refractivity contribution in [3.8, 4) is 23.0 Å². The van der Waals surface area contributed by atoms with Crippen LogP contribution in [0.3, 0.4) is 0 Å². The third kappa shape index (κ3) is 3.37. The maximum atomic E-state index is 10.6. The molecule has 134 valence electrons. The summed E-state index contributed by atoms with van der Waals surface area (Å²) in [4.78, 5) is 0. The van der Waals surface area contributed by atoms with Gasteiger partial charge in [0.15, 0.2) is 23.0 Å². The quantitative estimate of drug-likeness (QED) is 0.841. The second-order valence-corrected chi connectivity index (χ2v) is 5.90. The van der Waals surface area contributed by atoms with Crippen LogP contribution in [-0.4, -0.2) is 32.0 Å². The molecule has 1 atom stereocenters. The average Bonchev–Trinajstić information content (AvgIpc) is 2.62. The molecule has 1 unspecified atom stereocenters. The third-order valence-electron chi connectivity index (χ3n) is 4.42. The lowest BCUT2D eigenvalue weighted by atomic mass is 9.89. The first-order chi connectivity index (χ1) is 12.2. The molecule has 0 bridgehead atoms. The van der Waals surface area contributed by atoms with E-state index < -0.39 is 0 Å². The smallest absolute Gasteiger partial charge is 0.162 e. The molecule has 0 saturated heterocycles. The molecule has 0 fully saturated rings. The van der Waals surface area contributed by atoms with E-state index in [1.54, 1.807) is 13.2 Å². The molecule has 0 amide bonds. The van der Waals surface area contributed by atoms with E-state index in [4.69, 9.17) is 14.2 Å². The van der Waals surface area contributed by atoms with Crippen LogP contribution in [0.25, 0.3) is 0 Å². The zero-order valence-corrected chi connectivity index (χ0v) is 15.0. The molecule has 2 aromatic rings. The van der Waals surface area contributed by atoms with Crippen molar-refractivity contribution in [1.29, 1.82) is 0 Å². The van der Waals surface area contributed by atoms with Gasteiger partial charge < -0.3 is 24.6 Å². The average molecular weight is 343 g/mol. The minimum Gasteiger partial charge on any atom is -0.504 e. The number of benzene rings is 2. The first-order valence-electron chi connectivity index (χ1n) is 8.71. The summed E-state index contributed by atoms with van der Waals surface area (Å²) in [7, 11) is 1.56. The Morgan fingerprint density at radius 3 is 2.44 bits per heavy atom. The van der Waals surface area contributed by atoms with Gasteiger partial charge in [0.1, 0.15) is 0 Å². The van der Waals surface area contributed by atoms with Crippen molar-refractivity contribution in [1.82, 2.24) is 5.32 Å². The fraction of sp³-hybridized carbons (Fsp3) is 0.400. The highest BCUT2D eigenvalue weighted by Crippen LogP contribution is 2.42. The molecule has 2 N–H and O–H groups in total. The maximum absolute atomic E-state index is 10.6. The zero-order chi connectivity index (χ0) is 17.8. The predicted molar refractivity (Wildman–Crippen MR) is 97.0 cm³/mol. The van der Waals surface area contributed by atoms with Crippen LogP contribution in [0.15, 0.2) is 30.3 Å². The number of para-hydroxylation sites is 1. The van der Waals surface area contributed by atoms with E-state index >= 15 is 0 Å². The van der Waals surface area contributed by atoms with E-state index in [0.717, 1.165) is 35.6 Å². The highest BCUT2D eigenvalue weighted by molar-refractivity contribution is 5.55. The van der Waals surface area contributed by atoms with Crippen LogP contribution in [0.4, 0.5) is 0 Å². The van der Waals surface area contributed by atoms with Gasteiger partial charge in [0.05, 0.1) is 26.4 Å². The van der Waals surface area contributed by atoms with Gasteiger partial charge in [0, 0.05) is 12.1 Å². The Hall–Kier alpha value is -2.40. The van der Waals surface area contributed by atoms with E-state index in [9.17, 15) is 5.11 Å². The molecule has 1 aliphatic rings. The summed E-state index contributed by atoms with van der Waals surface area (Å²) in [6.45, 7) is 5.92. The molecule has 1 heterocycles. The van der Waals surface area contributed by atoms with Gasteiger partial charge in [-0.15, -0.1) is 0 Å². The summed E-state index contributed by atoms with van der Waals surface area (Å²) in [5.41, 5.74) is 3.10. The SMILES string of the molecule is CCOc1cc2c(cc1OCC)C(c1cccc(OC)c1O)NCC2. The van der Waals surface area contributed by atoms with Gasteiger partial charge in [0.25, 0.3) is 0 Å². The topological polar surface area (TPSA) is 60.0 Å².